The molecule has 162 valence electrons. The Morgan fingerprint density at radius 2 is 1.87 bits per heavy atom. The minimum absolute atomic E-state index is 0.0482. The second-order valence-corrected chi connectivity index (χ2v) is 7.90. The van der Waals surface area contributed by atoms with Gasteiger partial charge in [-0.2, -0.15) is 0 Å². The molecule has 1 saturated heterocycles. The van der Waals surface area contributed by atoms with E-state index in [2.05, 4.69) is 40.1 Å². The standard InChI is InChI=1S/C24H32N2O4/c1-5-30-21-13-10-18(15-22(21)29-4)23(17-8-11-20(12-9-17)25(2)3)26-14-6-7-19(16-26)24(27)28/h8-13,15,19,23H,5-7,14,16H2,1-4H3,(H,27,28). The molecule has 6 heteroatoms. The lowest BCUT2D eigenvalue weighted by Crippen LogP contribution is -2.41. The maximum Gasteiger partial charge on any atom is 0.307 e. The summed E-state index contributed by atoms with van der Waals surface area (Å²) in [6.07, 6.45) is 1.60. The van der Waals surface area contributed by atoms with E-state index in [0.717, 1.165) is 36.2 Å². The van der Waals surface area contributed by atoms with E-state index in [1.165, 1.54) is 0 Å². The Morgan fingerprint density at radius 1 is 1.17 bits per heavy atom. The van der Waals surface area contributed by atoms with Crippen LogP contribution < -0.4 is 14.4 Å². The molecule has 1 heterocycles. The molecule has 0 radical (unpaired) electrons. The van der Waals surface area contributed by atoms with Gasteiger partial charge in [0.15, 0.2) is 11.5 Å². The number of hydrogen-bond acceptors (Lipinski definition) is 5. The molecule has 1 aliphatic rings. The van der Waals surface area contributed by atoms with Crippen LogP contribution in [0.25, 0.3) is 0 Å². The van der Waals surface area contributed by atoms with Crippen molar-refractivity contribution in [2.45, 2.75) is 25.8 Å². The Morgan fingerprint density at radius 3 is 2.47 bits per heavy atom. The number of anilines is 1. The Kier molecular flexibility index (Phi) is 7.21. The zero-order valence-electron chi connectivity index (χ0n) is 18.3. The molecule has 0 aromatic heterocycles. The molecule has 0 amide bonds. The van der Waals surface area contributed by atoms with E-state index in [1.54, 1.807) is 7.11 Å². The molecule has 1 fully saturated rings. The molecule has 1 aliphatic heterocycles. The summed E-state index contributed by atoms with van der Waals surface area (Å²) in [5, 5.41) is 9.59. The van der Waals surface area contributed by atoms with Gasteiger partial charge in [-0.05, 0) is 61.7 Å². The first-order valence-electron chi connectivity index (χ1n) is 10.5. The number of rotatable bonds is 8. The highest BCUT2D eigenvalue weighted by molar-refractivity contribution is 5.70. The summed E-state index contributed by atoms with van der Waals surface area (Å²) in [6, 6.07) is 14.4. The molecule has 1 N–H and O–H groups in total. The quantitative estimate of drug-likeness (QED) is 0.706. The molecule has 6 nitrogen and oxygen atoms in total. The predicted molar refractivity (Wildman–Crippen MR) is 119 cm³/mol. The van der Waals surface area contributed by atoms with Crippen LogP contribution >= 0.6 is 0 Å². The van der Waals surface area contributed by atoms with Crippen LogP contribution in [0.1, 0.15) is 36.9 Å². The summed E-state index contributed by atoms with van der Waals surface area (Å²) in [4.78, 5) is 16.0. The zero-order chi connectivity index (χ0) is 21.7. The third-order valence-corrected chi connectivity index (χ3v) is 5.70. The third kappa shape index (κ3) is 4.87. The minimum atomic E-state index is -0.717. The van der Waals surface area contributed by atoms with Crippen LogP contribution in [0.5, 0.6) is 11.5 Å². The van der Waals surface area contributed by atoms with Crippen molar-refractivity contribution in [2.24, 2.45) is 5.92 Å². The van der Waals surface area contributed by atoms with Crippen molar-refractivity contribution >= 4 is 11.7 Å². The number of nitrogens with zero attached hydrogens (tertiary/aromatic N) is 2. The van der Waals surface area contributed by atoms with Gasteiger partial charge in [0.25, 0.3) is 0 Å². The van der Waals surface area contributed by atoms with E-state index in [1.807, 2.05) is 33.2 Å². The SMILES string of the molecule is CCOc1ccc(C(c2ccc(N(C)C)cc2)N2CCCC(C(=O)O)C2)cc1OC. The summed E-state index contributed by atoms with van der Waals surface area (Å²) >= 11 is 0. The van der Waals surface area contributed by atoms with Gasteiger partial charge >= 0.3 is 5.97 Å². The molecule has 0 bridgehead atoms. The van der Waals surface area contributed by atoms with Gasteiger partial charge in [-0.3, -0.25) is 9.69 Å². The highest BCUT2D eigenvalue weighted by atomic mass is 16.5. The fraction of sp³-hybridized carbons (Fsp3) is 0.458. The molecule has 2 aromatic rings. The van der Waals surface area contributed by atoms with E-state index in [0.29, 0.717) is 24.7 Å². The first kappa shape index (κ1) is 22.0. The van der Waals surface area contributed by atoms with Crippen LogP contribution in [0.3, 0.4) is 0 Å². The van der Waals surface area contributed by atoms with Crippen molar-refractivity contribution in [2.75, 3.05) is 45.8 Å². The van der Waals surface area contributed by atoms with Crippen LogP contribution in [0.15, 0.2) is 42.5 Å². The van der Waals surface area contributed by atoms with Crippen LogP contribution in [0.2, 0.25) is 0 Å². The topological polar surface area (TPSA) is 62.2 Å². The summed E-state index contributed by atoms with van der Waals surface area (Å²) in [7, 11) is 5.68. The van der Waals surface area contributed by atoms with E-state index in [4.69, 9.17) is 9.47 Å². The van der Waals surface area contributed by atoms with Gasteiger partial charge in [-0.1, -0.05) is 18.2 Å². The fourth-order valence-electron chi connectivity index (χ4n) is 4.14. The van der Waals surface area contributed by atoms with Crippen molar-refractivity contribution in [3.8, 4) is 11.5 Å². The Labute approximate surface area is 179 Å². The monoisotopic (exact) mass is 412 g/mol. The number of piperidine rings is 1. The summed E-state index contributed by atoms with van der Waals surface area (Å²) in [5.74, 6) is 0.348. The van der Waals surface area contributed by atoms with Crippen molar-refractivity contribution < 1.29 is 19.4 Å². The maximum absolute atomic E-state index is 11.7. The number of benzene rings is 2. The van der Waals surface area contributed by atoms with Gasteiger partial charge in [0.2, 0.25) is 0 Å². The highest BCUT2D eigenvalue weighted by Crippen LogP contribution is 2.37. The molecule has 2 aromatic carbocycles. The molecule has 0 aliphatic carbocycles. The number of aliphatic carboxylic acids is 1. The van der Waals surface area contributed by atoms with Crippen molar-refractivity contribution in [3.63, 3.8) is 0 Å². The summed E-state index contributed by atoms with van der Waals surface area (Å²) in [5.41, 5.74) is 3.33. The largest absolute Gasteiger partial charge is 0.493 e. The van der Waals surface area contributed by atoms with Gasteiger partial charge in [0.1, 0.15) is 0 Å². The lowest BCUT2D eigenvalue weighted by molar-refractivity contribution is -0.143. The number of carboxylic acid groups (broad SMARTS) is 1. The van der Waals surface area contributed by atoms with Crippen LogP contribution in [0.4, 0.5) is 5.69 Å². The number of ether oxygens (including phenoxy) is 2. The first-order chi connectivity index (χ1) is 14.4. The second kappa shape index (κ2) is 9.85. The molecule has 2 atom stereocenters. The molecule has 30 heavy (non-hydrogen) atoms. The van der Waals surface area contributed by atoms with Crippen molar-refractivity contribution in [3.05, 3.63) is 53.6 Å². The minimum Gasteiger partial charge on any atom is -0.493 e. The molecular weight excluding hydrogens is 380 g/mol. The van der Waals surface area contributed by atoms with Crippen molar-refractivity contribution in [1.29, 1.82) is 0 Å². The molecule has 0 spiro atoms. The lowest BCUT2D eigenvalue weighted by Gasteiger charge is -2.38. The fourth-order valence-corrected chi connectivity index (χ4v) is 4.14. The van der Waals surface area contributed by atoms with Crippen LogP contribution in [-0.4, -0.2) is 56.9 Å². The molecule has 2 unspecified atom stereocenters. The van der Waals surface area contributed by atoms with Gasteiger partial charge in [0.05, 0.1) is 25.7 Å². The third-order valence-electron chi connectivity index (χ3n) is 5.70. The van der Waals surface area contributed by atoms with Crippen LogP contribution in [0, 0.1) is 5.92 Å². The van der Waals surface area contributed by atoms with E-state index in [-0.39, 0.29) is 12.0 Å². The van der Waals surface area contributed by atoms with E-state index in [9.17, 15) is 9.90 Å². The average molecular weight is 413 g/mol. The molecule has 0 saturated carbocycles. The van der Waals surface area contributed by atoms with E-state index < -0.39 is 5.97 Å². The van der Waals surface area contributed by atoms with E-state index >= 15 is 0 Å². The number of carboxylic acids is 1. The smallest absolute Gasteiger partial charge is 0.307 e. The highest BCUT2D eigenvalue weighted by Gasteiger charge is 2.31. The zero-order valence-corrected chi connectivity index (χ0v) is 18.3. The Hall–Kier alpha value is -2.73. The van der Waals surface area contributed by atoms with Gasteiger partial charge in [-0.15, -0.1) is 0 Å². The van der Waals surface area contributed by atoms with Gasteiger partial charge < -0.3 is 19.5 Å². The first-order valence-corrected chi connectivity index (χ1v) is 10.5. The van der Waals surface area contributed by atoms with Gasteiger partial charge in [-0.25, -0.2) is 0 Å². The van der Waals surface area contributed by atoms with Gasteiger partial charge in [0, 0.05) is 26.3 Å². The Bertz CT molecular complexity index is 851. The predicted octanol–water partition coefficient (Wildman–Crippen LogP) is 4.05. The number of carbonyl (C=O) groups is 1. The molecular formula is C24H32N2O4. The number of likely N-dealkylation sites (tertiary alicyclic amines) is 1. The van der Waals surface area contributed by atoms with Crippen LogP contribution in [-0.2, 0) is 4.79 Å². The second-order valence-electron chi connectivity index (χ2n) is 7.90. The maximum atomic E-state index is 11.7. The Balaban J connectivity index is 2.02. The summed E-state index contributed by atoms with van der Waals surface area (Å²) < 4.78 is 11.3. The normalized spacial score (nSPS) is 17.9. The average Bonchev–Trinajstić information content (AvgIpc) is 2.75. The van der Waals surface area contributed by atoms with Crippen molar-refractivity contribution in [1.82, 2.24) is 4.90 Å². The number of methoxy groups -OCH3 is 1. The summed E-state index contributed by atoms with van der Waals surface area (Å²) in [6.45, 7) is 3.91. The lowest BCUT2D eigenvalue weighted by atomic mass is 9.91. The number of hydrogen-bond donors (Lipinski definition) is 1. The molecule has 3 rings (SSSR count).